The molecule has 0 unspecified atom stereocenters. The zero-order valence-corrected chi connectivity index (χ0v) is 21.0. The van der Waals surface area contributed by atoms with Crippen molar-refractivity contribution in [1.29, 1.82) is 0 Å². The molecule has 1 N–H and O–H groups in total. The van der Waals surface area contributed by atoms with Gasteiger partial charge in [0.15, 0.2) is 0 Å². The first-order chi connectivity index (χ1) is 16.8. The molecule has 1 aromatic heterocycles. The van der Waals surface area contributed by atoms with Gasteiger partial charge in [-0.3, -0.25) is 4.90 Å². The summed E-state index contributed by atoms with van der Waals surface area (Å²) in [6.45, 7) is 5.49. The molecule has 8 heteroatoms. The number of fused-ring (bicyclic) bond motifs is 5. The van der Waals surface area contributed by atoms with Crippen molar-refractivity contribution in [3.05, 3.63) is 70.9 Å². The lowest BCUT2D eigenvalue weighted by molar-refractivity contribution is -0.131. The Labute approximate surface area is 205 Å². The quantitative estimate of drug-likeness (QED) is 0.524. The van der Waals surface area contributed by atoms with Gasteiger partial charge in [-0.15, -0.1) is 0 Å². The number of aryl methyl sites for hydroxylation is 1. The number of hydrogen-bond donors (Lipinski definition) is 1. The van der Waals surface area contributed by atoms with Crippen LogP contribution in [0.1, 0.15) is 42.6 Å². The van der Waals surface area contributed by atoms with Gasteiger partial charge in [0.1, 0.15) is 5.75 Å². The van der Waals surface area contributed by atoms with Gasteiger partial charge < -0.3 is 9.84 Å². The fourth-order valence-corrected chi connectivity index (χ4v) is 7.34. The molecule has 1 fully saturated rings. The average Bonchev–Trinajstić information content (AvgIpc) is 3.19. The Kier molecular flexibility index (Phi) is 5.97. The Morgan fingerprint density at radius 3 is 2.60 bits per heavy atom. The fourth-order valence-electron chi connectivity index (χ4n) is 5.75. The van der Waals surface area contributed by atoms with Crippen molar-refractivity contribution in [2.24, 2.45) is 5.92 Å². The van der Waals surface area contributed by atoms with E-state index < -0.39 is 16.0 Å². The van der Waals surface area contributed by atoms with E-state index in [2.05, 4.69) is 11.8 Å². The molecule has 0 bridgehead atoms. The zero-order valence-electron chi connectivity index (χ0n) is 20.2. The van der Waals surface area contributed by atoms with Crippen molar-refractivity contribution in [1.82, 2.24) is 8.87 Å². The number of benzene rings is 2. The molecule has 5 rings (SSSR count). The van der Waals surface area contributed by atoms with Crippen molar-refractivity contribution in [2.45, 2.75) is 44.0 Å². The largest absolute Gasteiger partial charge is 0.496 e. The molecule has 35 heavy (non-hydrogen) atoms. The summed E-state index contributed by atoms with van der Waals surface area (Å²) in [6.07, 6.45) is 3.35. The molecule has 184 valence electrons. The van der Waals surface area contributed by atoms with E-state index in [1.165, 1.54) is 10.0 Å². The lowest BCUT2D eigenvalue weighted by Crippen LogP contribution is -2.44. The average molecular weight is 495 g/mol. The number of carbonyl (C=O) groups is 1. The number of rotatable bonds is 5. The Balaban J connectivity index is 1.79. The summed E-state index contributed by atoms with van der Waals surface area (Å²) < 4.78 is 35.4. The molecule has 3 heterocycles. The molecule has 0 radical (unpaired) electrons. The lowest BCUT2D eigenvalue weighted by atomic mass is 9.81. The Morgan fingerprint density at radius 2 is 1.94 bits per heavy atom. The highest BCUT2D eigenvalue weighted by molar-refractivity contribution is 7.90. The molecule has 0 spiro atoms. The number of nitrogens with zero attached hydrogens (tertiary/aromatic N) is 2. The lowest BCUT2D eigenvalue weighted by Gasteiger charge is -2.44. The number of carboxylic acids is 1. The summed E-state index contributed by atoms with van der Waals surface area (Å²) >= 11 is 0. The molecule has 2 aliphatic heterocycles. The summed E-state index contributed by atoms with van der Waals surface area (Å²) in [6, 6.07) is 12.2. The molecule has 0 saturated carbocycles. The minimum Gasteiger partial charge on any atom is -0.496 e. The van der Waals surface area contributed by atoms with Crippen LogP contribution in [0.4, 0.5) is 0 Å². The van der Waals surface area contributed by atoms with E-state index in [4.69, 9.17) is 4.74 Å². The second-order valence-corrected chi connectivity index (χ2v) is 11.2. The standard InChI is InChI=1S/C27H30N2O5S/c1-4-18-16-28-13-12-21-26-22(6-5-7-24(26)34-3)29(27(21)23(28)14-19(18)15-25(30)31)35(32,33)20-10-8-17(2)9-11-20/h5-11,15,18,23H,4,12-14,16H2,1-3H3,(H,30,31)/b19-15+/t18-,23+/m1/s1. The second kappa shape index (κ2) is 8.84. The topological polar surface area (TPSA) is 88.8 Å². The van der Waals surface area contributed by atoms with Gasteiger partial charge in [0.25, 0.3) is 10.0 Å². The highest BCUT2D eigenvalue weighted by atomic mass is 32.2. The van der Waals surface area contributed by atoms with Gasteiger partial charge in [0.05, 0.1) is 29.3 Å². The summed E-state index contributed by atoms with van der Waals surface area (Å²) in [4.78, 5) is 14.1. The summed E-state index contributed by atoms with van der Waals surface area (Å²) in [5.74, 6) is -0.170. The van der Waals surface area contributed by atoms with Crippen LogP contribution in [0.15, 0.2) is 59.0 Å². The first-order valence-corrected chi connectivity index (χ1v) is 13.4. The molecule has 2 aliphatic rings. The van der Waals surface area contributed by atoms with E-state index in [1.807, 2.05) is 25.1 Å². The van der Waals surface area contributed by atoms with Gasteiger partial charge >= 0.3 is 5.97 Å². The number of ether oxygens (including phenoxy) is 1. The van der Waals surface area contributed by atoms with Crippen molar-refractivity contribution in [3.63, 3.8) is 0 Å². The first-order valence-electron chi connectivity index (χ1n) is 12.0. The highest BCUT2D eigenvalue weighted by Crippen LogP contribution is 2.47. The van der Waals surface area contributed by atoms with Gasteiger partial charge in [-0.1, -0.05) is 36.3 Å². The third-order valence-corrected chi connectivity index (χ3v) is 9.19. The first kappa shape index (κ1) is 23.6. The Bertz CT molecular complexity index is 1440. The van der Waals surface area contributed by atoms with Crippen molar-refractivity contribution >= 4 is 26.9 Å². The maximum absolute atomic E-state index is 14.1. The molecule has 0 amide bonds. The SMILES string of the molecule is CC[C@@H]1CN2CCc3c(n(S(=O)(=O)c4ccc(C)cc4)c4cccc(OC)c34)[C@@H]2C/C1=C\C(=O)O. The van der Waals surface area contributed by atoms with Crippen LogP contribution >= 0.6 is 0 Å². The Hall–Kier alpha value is -3.10. The minimum atomic E-state index is -3.92. The predicted octanol–water partition coefficient (Wildman–Crippen LogP) is 4.54. The van der Waals surface area contributed by atoms with Crippen LogP contribution in [0.5, 0.6) is 5.75 Å². The summed E-state index contributed by atoms with van der Waals surface area (Å²) in [7, 11) is -2.32. The van der Waals surface area contributed by atoms with E-state index in [1.54, 1.807) is 31.4 Å². The van der Waals surface area contributed by atoms with E-state index in [0.29, 0.717) is 30.7 Å². The number of methoxy groups -OCH3 is 1. The van der Waals surface area contributed by atoms with Crippen LogP contribution in [0.3, 0.4) is 0 Å². The number of hydrogen-bond acceptors (Lipinski definition) is 5. The van der Waals surface area contributed by atoms with Gasteiger partial charge in [-0.25, -0.2) is 17.2 Å². The van der Waals surface area contributed by atoms with Gasteiger partial charge in [-0.2, -0.15) is 0 Å². The van der Waals surface area contributed by atoms with Crippen LogP contribution in [-0.2, 0) is 21.2 Å². The van der Waals surface area contributed by atoms with Crippen molar-refractivity contribution in [2.75, 3.05) is 20.2 Å². The zero-order chi connectivity index (χ0) is 24.9. The summed E-state index contributed by atoms with van der Waals surface area (Å²) in [5, 5.41) is 10.3. The van der Waals surface area contributed by atoms with E-state index in [0.717, 1.165) is 40.7 Å². The number of aliphatic carboxylic acids is 1. The van der Waals surface area contributed by atoms with Crippen LogP contribution in [0.2, 0.25) is 0 Å². The van der Waals surface area contributed by atoms with Crippen molar-refractivity contribution < 1.29 is 23.1 Å². The van der Waals surface area contributed by atoms with Gasteiger partial charge in [-0.05, 0) is 61.9 Å². The molecular formula is C27H30N2O5S. The minimum absolute atomic E-state index is 0.143. The monoisotopic (exact) mass is 494 g/mol. The van der Waals surface area contributed by atoms with Gasteiger partial charge in [0.2, 0.25) is 0 Å². The molecular weight excluding hydrogens is 464 g/mol. The maximum Gasteiger partial charge on any atom is 0.328 e. The molecule has 7 nitrogen and oxygen atoms in total. The summed E-state index contributed by atoms with van der Waals surface area (Å²) in [5.41, 5.74) is 4.14. The molecule has 1 saturated heterocycles. The number of piperidine rings is 1. The third-order valence-electron chi connectivity index (χ3n) is 7.45. The Morgan fingerprint density at radius 1 is 1.20 bits per heavy atom. The third kappa shape index (κ3) is 3.85. The highest BCUT2D eigenvalue weighted by Gasteiger charge is 2.41. The smallest absolute Gasteiger partial charge is 0.328 e. The molecule has 0 aliphatic carbocycles. The normalized spacial score (nSPS) is 21.6. The predicted molar refractivity (Wildman–Crippen MR) is 134 cm³/mol. The van der Waals surface area contributed by atoms with Gasteiger partial charge in [0, 0.05) is 24.6 Å². The van der Waals surface area contributed by atoms with Crippen LogP contribution in [-0.4, -0.2) is 48.6 Å². The molecule has 3 aromatic rings. The fraction of sp³-hybridized carbons (Fsp3) is 0.370. The molecule has 2 aromatic carbocycles. The van der Waals surface area contributed by atoms with E-state index in [9.17, 15) is 18.3 Å². The van der Waals surface area contributed by atoms with Crippen molar-refractivity contribution in [3.8, 4) is 5.75 Å². The number of carboxylic acid groups (broad SMARTS) is 1. The second-order valence-electron chi connectivity index (χ2n) is 9.43. The van der Waals surface area contributed by atoms with Crippen LogP contribution in [0, 0.1) is 12.8 Å². The van der Waals surface area contributed by atoms with Crippen LogP contribution in [0.25, 0.3) is 10.9 Å². The number of aromatic nitrogens is 1. The molecule has 2 atom stereocenters. The van der Waals surface area contributed by atoms with Crippen LogP contribution < -0.4 is 4.74 Å². The van der Waals surface area contributed by atoms with E-state index in [-0.39, 0.29) is 16.9 Å². The van der Waals surface area contributed by atoms with E-state index >= 15 is 0 Å². The maximum atomic E-state index is 14.1.